The molecule has 0 saturated heterocycles. The van der Waals surface area contributed by atoms with E-state index in [1.165, 1.54) is 6.33 Å². The lowest BCUT2D eigenvalue weighted by molar-refractivity contribution is -0.159. The second-order valence-electron chi connectivity index (χ2n) is 11.9. The molecule has 220 valence electrons. The van der Waals surface area contributed by atoms with Crippen molar-refractivity contribution in [2.24, 2.45) is 0 Å². The summed E-state index contributed by atoms with van der Waals surface area (Å²) in [4.78, 5) is 44.8. The molecule has 0 aliphatic carbocycles. The van der Waals surface area contributed by atoms with E-state index < -0.39 is 35.3 Å². The number of hydrogen-bond acceptors (Lipinski definition) is 7. The maximum atomic E-state index is 13.2. The zero-order valence-electron chi connectivity index (χ0n) is 24.8. The van der Waals surface area contributed by atoms with Crippen molar-refractivity contribution in [1.29, 1.82) is 0 Å². The first-order valence-electron chi connectivity index (χ1n) is 13.8. The number of amides is 1. The maximum Gasteiger partial charge on any atom is 0.410 e. The van der Waals surface area contributed by atoms with Crippen molar-refractivity contribution >= 4 is 18.0 Å². The van der Waals surface area contributed by atoms with Gasteiger partial charge in [-0.15, -0.1) is 0 Å². The van der Waals surface area contributed by atoms with Crippen LogP contribution in [-0.4, -0.2) is 43.7 Å². The summed E-state index contributed by atoms with van der Waals surface area (Å²) in [6.07, 6.45) is 2.93. The van der Waals surface area contributed by atoms with Crippen LogP contribution in [0.2, 0.25) is 0 Å². The highest BCUT2D eigenvalue weighted by molar-refractivity contribution is 5.76. The van der Waals surface area contributed by atoms with Crippen LogP contribution in [0.1, 0.15) is 77.2 Å². The van der Waals surface area contributed by atoms with Crippen LogP contribution in [0.25, 0.3) is 0 Å². The Balaban J connectivity index is 1.74. The van der Waals surface area contributed by atoms with E-state index in [0.717, 1.165) is 11.1 Å². The Hall–Kier alpha value is -4.14. The minimum Gasteiger partial charge on any atom is -0.461 e. The molecule has 0 spiro atoms. The number of aromatic nitrogens is 2. The number of carbonyl (C=O) groups is 3. The van der Waals surface area contributed by atoms with Crippen LogP contribution in [0.15, 0.2) is 73.2 Å². The van der Waals surface area contributed by atoms with E-state index in [1.54, 1.807) is 36.4 Å². The summed E-state index contributed by atoms with van der Waals surface area (Å²) in [6, 6.07) is 18.2. The molecule has 0 aliphatic heterocycles. The molecule has 1 atom stereocenters. The number of imidazole rings is 1. The molecule has 2 aromatic carbocycles. The van der Waals surface area contributed by atoms with E-state index >= 15 is 0 Å². The number of rotatable bonds is 11. The Morgan fingerprint density at radius 1 is 0.829 bits per heavy atom. The first-order chi connectivity index (χ1) is 19.3. The molecular formula is C32H41N3O6. The Morgan fingerprint density at radius 3 is 2.00 bits per heavy atom. The van der Waals surface area contributed by atoms with Crippen LogP contribution < -0.4 is 0 Å². The van der Waals surface area contributed by atoms with Crippen LogP contribution in [-0.2, 0) is 43.5 Å². The van der Waals surface area contributed by atoms with Gasteiger partial charge in [0.05, 0.1) is 18.6 Å². The van der Waals surface area contributed by atoms with Crippen LogP contribution in [0.4, 0.5) is 4.79 Å². The van der Waals surface area contributed by atoms with Gasteiger partial charge in [-0.05, 0) is 59.1 Å². The van der Waals surface area contributed by atoms with Crippen molar-refractivity contribution in [3.05, 3.63) is 90.0 Å². The van der Waals surface area contributed by atoms with E-state index in [9.17, 15) is 14.4 Å². The van der Waals surface area contributed by atoms with Crippen LogP contribution >= 0.6 is 0 Å². The monoisotopic (exact) mass is 563 g/mol. The van der Waals surface area contributed by atoms with Crippen LogP contribution in [0.3, 0.4) is 0 Å². The number of hydrogen-bond donors (Lipinski definition) is 0. The maximum absolute atomic E-state index is 13.2. The third-order valence-electron chi connectivity index (χ3n) is 5.78. The molecule has 41 heavy (non-hydrogen) atoms. The van der Waals surface area contributed by atoms with Crippen molar-refractivity contribution in [3.8, 4) is 0 Å². The van der Waals surface area contributed by atoms with Crippen molar-refractivity contribution in [1.82, 2.24) is 14.5 Å². The lowest BCUT2D eigenvalue weighted by Crippen LogP contribution is -2.36. The molecule has 3 rings (SSSR count). The molecule has 0 radical (unpaired) electrons. The lowest BCUT2D eigenvalue weighted by Gasteiger charge is -2.27. The van der Waals surface area contributed by atoms with E-state index in [2.05, 4.69) is 4.98 Å². The fourth-order valence-corrected chi connectivity index (χ4v) is 3.97. The average Bonchev–Trinajstić information content (AvgIpc) is 3.34. The van der Waals surface area contributed by atoms with Gasteiger partial charge in [-0.25, -0.2) is 14.6 Å². The summed E-state index contributed by atoms with van der Waals surface area (Å²) in [5.74, 6) is -0.896. The van der Waals surface area contributed by atoms with Gasteiger partial charge < -0.3 is 18.8 Å². The normalized spacial score (nSPS) is 12.3. The third-order valence-corrected chi connectivity index (χ3v) is 5.78. The van der Waals surface area contributed by atoms with Crippen molar-refractivity contribution in [3.63, 3.8) is 0 Å². The highest BCUT2D eigenvalue weighted by atomic mass is 16.6. The predicted molar refractivity (Wildman–Crippen MR) is 155 cm³/mol. The quantitative estimate of drug-likeness (QED) is 0.201. The number of esters is 2. The van der Waals surface area contributed by atoms with Gasteiger partial charge in [-0.2, -0.15) is 0 Å². The average molecular weight is 564 g/mol. The summed E-state index contributed by atoms with van der Waals surface area (Å²) in [6.45, 7) is 11.5. The fraction of sp³-hybridized carbons (Fsp3) is 0.438. The van der Waals surface area contributed by atoms with Gasteiger partial charge in [0, 0.05) is 19.2 Å². The predicted octanol–water partition coefficient (Wildman–Crippen LogP) is 6.23. The second kappa shape index (κ2) is 14.0. The van der Waals surface area contributed by atoms with Gasteiger partial charge in [-0.1, -0.05) is 60.7 Å². The largest absolute Gasteiger partial charge is 0.461 e. The Bertz CT molecular complexity index is 1280. The van der Waals surface area contributed by atoms with Crippen LogP contribution in [0, 0.1) is 0 Å². The molecule has 0 aliphatic rings. The Morgan fingerprint density at radius 2 is 1.41 bits per heavy atom. The highest BCUT2D eigenvalue weighted by Gasteiger charge is 2.29. The first-order valence-corrected chi connectivity index (χ1v) is 13.8. The van der Waals surface area contributed by atoms with Crippen molar-refractivity contribution in [2.45, 2.75) is 91.3 Å². The van der Waals surface area contributed by atoms with E-state index in [0.29, 0.717) is 12.2 Å². The zero-order chi connectivity index (χ0) is 30.0. The summed E-state index contributed by atoms with van der Waals surface area (Å²) >= 11 is 0. The summed E-state index contributed by atoms with van der Waals surface area (Å²) in [5, 5.41) is 0. The van der Waals surface area contributed by atoms with Gasteiger partial charge in [0.15, 0.2) is 0 Å². The van der Waals surface area contributed by atoms with Gasteiger partial charge in [0.1, 0.15) is 23.9 Å². The smallest absolute Gasteiger partial charge is 0.410 e. The molecule has 1 heterocycles. The molecule has 3 aromatic rings. The first kappa shape index (κ1) is 31.4. The van der Waals surface area contributed by atoms with Crippen LogP contribution in [0.5, 0.6) is 0 Å². The fourth-order valence-electron chi connectivity index (χ4n) is 3.97. The number of ether oxygens (including phenoxy) is 3. The number of benzene rings is 2. The molecule has 0 fully saturated rings. The molecule has 9 heteroatoms. The standard InChI is InChI=1S/C32H41N3O6/c1-31(2,3)40-29(37)27(17-18-28(36)39-22-25-15-11-8-12-16-25)35-21-26(33-23-35)20-34(30(38)41-32(4,5)6)19-24-13-9-7-10-14-24/h7-16,21,23,27H,17-20,22H2,1-6H3. The Kier molecular flexibility index (Phi) is 10.7. The minimum atomic E-state index is -0.802. The van der Waals surface area contributed by atoms with Crippen molar-refractivity contribution < 1.29 is 28.6 Å². The molecular weight excluding hydrogens is 522 g/mol. The summed E-state index contributed by atoms with van der Waals surface area (Å²) < 4.78 is 18.3. The topological polar surface area (TPSA) is 100.0 Å². The minimum absolute atomic E-state index is 0.0162. The SMILES string of the molecule is CC(C)(C)OC(=O)C(CCC(=O)OCc1ccccc1)n1cnc(CN(Cc2ccccc2)C(=O)OC(C)(C)C)c1. The Labute approximate surface area is 242 Å². The van der Waals surface area contributed by atoms with Crippen molar-refractivity contribution in [2.75, 3.05) is 0 Å². The van der Waals surface area contributed by atoms with E-state index in [-0.39, 0.29) is 26.0 Å². The lowest BCUT2D eigenvalue weighted by atomic mass is 10.1. The van der Waals surface area contributed by atoms with Gasteiger partial charge in [-0.3, -0.25) is 9.69 Å². The summed E-state index contributed by atoms with van der Waals surface area (Å²) in [7, 11) is 0. The van der Waals surface area contributed by atoms with Gasteiger partial charge >= 0.3 is 18.0 Å². The highest BCUT2D eigenvalue weighted by Crippen LogP contribution is 2.22. The molecule has 0 saturated carbocycles. The van der Waals surface area contributed by atoms with E-state index in [4.69, 9.17) is 14.2 Å². The van der Waals surface area contributed by atoms with Gasteiger partial charge in [0.25, 0.3) is 0 Å². The summed E-state index contributed by atoms with van der Waals surface area (Å²) in [5.41, 5.74) is 1.01. The molecule has 1 aromatic heterocycles. The molecule has 0 N–H and O–H groups in total. The van der Waals surface area contributed by atoms with E-state index in [1.807, 2.05) is 81.4 Å². The zero-order valence-corrected chi connectivity index (χ0v) is 24.8. The molecule has 9 nitrogen and oxygen atoms in total. The number of carbonyl (C=O) groups excluding carboxylic acids is 3. The third kappa shape index (κ3) is 11.1. The molecule has 1 unspecified atom stereocenters. The molecule has 1 amide bonds. The number of nitrogens with zero attached hydrogens (tertiary/aromatic N) is 3. The van der Waals surface area contributed by atoms with Gasteiger partial charge in [0.2, 0.25) is 0 Å². The molecule has 0 bridgehead atoms. The second-order valence-corrected chi connectivity index (χ2v) is 11.9.